The minimum atomic E-state index is -0.712. The van der Waals surface area contributed by atoms with Gasteiger partial charge in [0.1, 0.15) is 6.04 Å². The van der Waals surface area contributed by atoms with Gasteiger partial charge in [0.05, 0.1) is 0 Å². The van der Waals surface area contributed by atoms with Gasteiger partial charge in [-0.2, -0.15) is 0 Å². The molecule has 1 rings (SSSR count). The van der Waals surface area contributed by atoms with Crippen molar-refractivity contribution in [3.63, 3.8) is 0 Å². The van der Waals surface area contributed by atoms with Crippen molar-refractivity contribution < 1.29 is 9.90 Å². The molecule has 0 aliphatic heterocycles. The molecule has 0 aromatic carbocycles. The number of hydrogen-bond acceptors (Lipinski definition) is 2. The maximum atomic E-state index is 11.2. The van der Waals surface area contributed by atoms with Gasteiger partial charge in [-0.25, -0.2) is 0 Å². The summed E-state index contributed by atoms with van der Waals surface area (Å²) < 4.78 is 0. The second kappa shape index (κ2) is 5.38. The van der Waals surface area contributed by atoms with Crippen molar-refractivity contribution in [3.05, 3.63) is 0 Å². The molecule has 1 saturated carbocycles. The van der Waals surface area contributed by atoms with Gasteiger partial charge in [0.2, 0.25) is 0 Å². The number of nitrogens with one attached hydrogen (secondary N) is 1. The summed E-state index contributed by atoms with van der Waals surface area (Å²) in [6.45, 7) is 10.9. The lowest BCUT2D eigenvalue weighted by Crippen LogP contribution is -2.45. The largest absolute Gasteiger partial charge is 0.480 e. The van der Waals surface area contributed by atoms with Gasteiger partial charge in [-0.3, -0.25) is 4.79 Å². The van der Waals surface area contributed by atoms with E-state index < -0.39 is 12.0 Å². The van der Waals surface area contributed by atoms with Crippen LogP contribution in [0.25, 0.3) is 0 Å². The molecular formula is C14H27NO2. The van der Waals surface area contributed by atoms with Gasteiger partial charge in [0.25, 0.3) is 0 Å². The van der Waals surface area contributed by atoms with Crippen molar-refractivity contribution in [1.29, 1.82) is 0 Å². The van der Waals surface area contributed by atoms with Gasteiger partial charge in [-0.05, 0) is 36.5 Å². The minimum Gasteiger partial charge on any atom is -0.480 e. The summed E-state index contributed by atoms with van der Waals surface area (Å²) in [7, 11) is 0. The molecule has 0 saturated heterocycles. The first-order chi connectivity index (χ1) is 7.71. The Morgan fingerprint density at radius 2 is 2.00 bits per heavy atom. The van der Waals surface area contributed by atoms with Crippen LogP contribution in [0.3, 0.4) is 0 Å². The summed E-state index contributed by atoms with van der Waals surface area (Å²) >= 11 is 0. The fraction of sp³-hybridized carbons (Fsp3) is 0.929. The van der Waals surface area contributed by atoms with E-state index in [1.54, 1.807) is 0 Å². The highest BCUT2D eigenvalue weighted by Crippen LogP contribution is 2.41. The zero-order chi connectivity index (χ0) is 13.2. The Hall–Kier alpha value is -0.570. The van der Waals surface area contributed by atoms with E-state index in [0.717, 1.165) is 6.42 Å². The molecule has 3 unspecified atom stereocenters. The molecule has 17 heavy (non-hydrogen) atoms. The fourth-order valence-corrected chi connectivity index (χ4v) is 3.09. The monoisotopic (exact) mass is 241 g/mol. The molecule has 3 heteroatoms. The quantitative estimate of drug-likeness (QED) is 0.778. The molecule has 0 aromatic heterocycles. The van der Waals surface area contributed by atoms with Gasteiger partial charge in [0.15, 0.2) is 0 Å². The third-order valence-electron chi connectivity index (χ3n) is 3.75. The van der Waals surface area contributed by atoms with Crippen LogP contribution in [0.4, 0.5) is 0 Å². The third kappa shape index (κ3) is 4.30. The summed E-state index contributed by atoms with van der Waals surface area (Å²) in [6.07, 6.45) is 2.97. The maximum Gasteiger partial charge on any atom is 0.320 e. The average molecular weight is 241 g/mol. The van der Waals surface area contributed by atoms with E-state index >= 15 is 0 Å². The van der Waals surface area contributed by atoms with E-state index in [-0.39, 0.29) is 0 Å². The van der Waals surface area contributed by atoms with Crippen LogP contribution in [0.2, 0.25) is 0 Å². The van der Waals surface area contributed by atoms with Crippen LogP contribution in [-0.4, -0.2) is 23.2 Å². The summed E-state index contributed by atoms with van der Waals surface area (Å²) in [5.74, 6) is 0.267. The number of hydrogen-bond donors (Lipinski definition) is 2. The van der Waals surface area contributed by atoms with Gasteiger partial charge in [-0.1, -0.05) is 34.6 Å². The number of aliphatic carboxylic acids is 1. The number of rotatable bonds is 5. The molecule has 0 bridgehead atoms. The molecule has 2 N–H and O–H groups in total. The summed E-state index contributed by atoms with van der Waals surface area (Å²) in [4.78, 5) is 11.2. The van der Waals surface area contributed by atoms with Crippen molar-refractivity contribution >= 4 is 5.97 Å². The number of carboxylic acids is 1. The van der Waals surface area contributed by atoms with E-state index in [1.165, 1.54) is 6.42 Å². The van der Waals surface area contributed by atoms with Crippen molar-refractivity contribution in [2.45, 2.75) is 66.0 Å². The fourth-order valence-electron chi connectivity index (χ4n) is 3.09. The highest BCUT2D eigenvalue weighted by Gasteiger charge is 2.38. The Kier molecular flexibility index (Phi) is 4.59. The average Bonchev–Trinajstić information content (AvgIpc) is 2.37. The van der Waals surface area contributed by atoms with E-state index in [0.29, 0.717) is 29.7 Å². The van der Waals surface area contributed by atoms with Crippen LogP contribution in [0, 0.1) is 17.3 Å². The lowest BCUT2D eigenvalue weighted by Gasteiger charge is -2.24. The van der Waals surface area contributed by atoms with Crippen LogP contribution in [-0.2, 0) is 4.79 Å². The normalized spacial score (nSPS) is 29.5. The molecule has 3 nitrogen and oxygen atoms in total. The van der Waals surface area contributed by atoms with Crippen LogP contribution in [0.5, 0.6) is 0 Å². The lowest BCUT2D eigenvalue weighted by atomic mass is 9.91. The Bertz CT molecular complexity index is 273. The van der Waals surface area contributed by atoms with Gasteiger partial charge in [0, 0.05) is 6.04 Å². The Balaban J connectivity index is 2.59. The first-order valence-corrected chi connectivity index (χ1v) is 6.70. The van der Waals surface area contributed by atoms with E-state index in [4.69, 9.17) is 0 Å². The van der Waals surface area contributed by atoms with Gasteiger partial charge in [-0.15, -0.1) is 0 Å². The molecule has 1 fully saturated rings. The lowest BCUT2D eigenvalue weighted by molar-refractivity contribution is -0.140. The van der Waals surface area contributed by atoms with E-state index in [9.17, 15) is 9.90 Å². The van der Waals surface area contributed by atoms with Crippen molar-refractivity contribution in [3.8, 4) is 0 Å². The molecule has 0 aromatic rings. The van der Waals surface area contributed by atoms with Crippen molar-refractivity contribution in [1.82, 2.24) is 5.32 Å². The molecule has 0 heterocycles. The van der Waals surface area contributed by atoms with Crippen LogP contribution >= 0.6 is 0 Å². The van der Waals surface area contributed by atoms with E-state index in [2.05, 4.69) is 39.9 Å². The molecule has 3 atom stereocenters. The molecule has 0 spiro atoms. The Morgan fingerprint density at radius 1 is 1.41 bits per heavy atom. The SMILES string of the molecule is CC(C)CC(NC1CC(C)(C)CC1C)C(=O)O. The number of carbonyl (C=O) groups is 1. The predicted octanol–water partition coefficient (Wildman–Crippen LogP) is 2.90. The first-order valence-electron chi connectivity index (χ1n) is 6.70. The van der Waals surface area contributed by atoms with Crippen LogP contribution < -0.4 is 5.32 Å². The van der Waals surface area contributed by atoms with E-state index in [1.807, 2.05) is 0 Å². The van der Waals surface area contributed by atoms with Crippen LogP contribution in [0.15, 0.2) is 0 Å². The smallest absolute Gasteiger partial charge is 0.320 e. The minimum absolute atomic E-state index is 0.345. The zero-order valence-corrected chi connectivity index (χ0v) is 11.8. The van der Waals surface area contributed by atoms with Crippen molar-refractivity contribution in [2.75, 3.05) is 0 Å². The second-order valence-electron chi connectivity index (χ2n) is 6.84. The first kappa shape index (κ1) is 14.5. The molecular weight excluding hydrogens is 214 g/mol. The summed E-state index contributed by atoms with van der Waals surface area (Å²) in [5.41, 5.74) is 0.345. The Labute approximate surface area is 105 Å². The highest BCUT2D eigenvalue weighted by atomic mass is 16.4. The third-order valence-corrected chi connectivity index (χ3v) is 3.75. The van der Waals surface area contributed by atoms with Gasteiger partial charge >= 0.3 is 5.97 Å². The zero-order valence-electron chi connectivity index (χ0n) is 11.8. The highest BCUT2D eigenvalue weighted by molar-refractivity contribution is 5.73. The molecule has 0 radical (unpaired) electrons. The number of carboxylic acid groups (broad SMARTS) is 1. The Morgan fingerprint density at radius 3 is 2.35 bits per heavy atom. The maximum absolute atomic E-state index is 11.2. The standard InChI is InChI=1S/C14H27NO2/c1-9(2)6-11(13(16)17)15-12-8-14(4,5)7-10(12)3/h9-12,15H,6-8H2,1-5H3,(H,16,17). The molecule has 1 aliphatic rings. The molecule has 1 aliphatic carbocycles. The summed E-state index contributed by atoms with van der Waals surface area (Å²) in [5, 5.41) is 12.6. The van der Waals surface area contributed by atoms with Crippen LogP contribution in [0.1, 0.15) is 53.9 Å². The summed E-state index contributed by atoms with van der Waals surface area (Å²) in [6, 6.07) is -0.0406. The second-order valence-corrected chi connectivity index (χ2v) is 6.84. The molecule has 100 valence electrons. The predicted molar refractivity (Wildman–Crippen MR) is 70.0 cm³/mol. The van der Waals surface area contributed by atoms with Gasteiger partial charge < -0.3 is 10.4 Å². The molecule has 0 amide bonds. The topological polar surface area (TPSA) is 49.3 Å². The van der Waals surface area contributed by atoms with Crippen molar-refractivity contribution in [2.24, 2.45) is 17.3 Å².